The molecule has 1 aromatic carbocycles. The highest BCUT2D eigenvalue weighted by atomic mass is 79.9. The van der Waals surface area contributed by atoms with Crippen LogP contribution in [0, 0.1) is 0 Å². The van der Waals surface area contributed by atoms with Gasteiger partial charge in [0.05, 0.1) is 13.7 Å². The zero-order valence-corrected chi connectivity index (χ0v) is 12.3. The highest BCUT2D eigenvalue weighted by molar-refractivity contribution is 9.10. The summed E-state index contributed by atoms with van der Waals surface area (Å²) in [5.74, 6) is 1.62. The number of hydrogen-bond acceptors (Lipinski definition) is 3. The molecule has 1 N–H and O–H groups in total. The zero-order valence-electron chi connectivity index (χ0n) is 10.7. The predicted octanol–water partition coefficient (Wildman–Crippen LogP) is 3.36. The maximum atomic E-state index is 5.82. The molecule has 0 aliphatic rings. The minimum atomic E-state index is 0.727. The number of nitrogens with one attached hydrogen (secondary N) is 1. The molecular weight excluding hydrogens is 282 g/mol. The van der Waals surface area contributed by atoms with Crippen LogP contribution in [0.4, 0.5) is 0 Å². The maximum absolute atomic E-state index is 5.82. The fourth-order valence-electron chi connectivity index (χ4n) is 1.58. The van der Waals surface area contributed by atoms with Gasteiger partial charge in [0.2, 0.25) is 0 Å². The van der Waals surface area contributed by atoms with E-state index in [9.17, 15) is 0 Å². The van der Waals surface area contributed by atoms with Crippen LogP contribution >= 0.6 is 15.9 Å². The van der Waals surface area contributed by atoms with Gasteiger partial charge in [-0.1, -0.05) is 29.3 Å². The van der Waals surface area contributed by atoms with E-state index in [0.717, 1.165) is 47.5 Å². The molecule has 0 fully saturated rings. The summed E-state index contributed by atoms with van der Waals surface area (Å²) in [6.07, 6.45) is 2.18. The first-order valence-corrected chi connectivity index (χ1v) is 6.66. The zero-order chi connectivity index (χ0) is 12.7. The molecule has 0 aromatic heterocycles. The Hall–Kier alpha value is -0.740. The predicted molar refractivity (Wildman–Crippen MR) is 73.9 cm³/mol. The van der Waals surface area contributed by atoms with Crippen LogP contribution in [0.3, 0.4) is 0 Å². The first kappa shape index (κ1) is 14.3. The SMILES string of the molecule is CCCCOc1c(CNC)cc(Br)cc1OC. The normalized spacial score (nSPS) is 10.4. The minimum absolute atomic E-state index is 0.727. The Kier molecular flexibility index (Phi) is 6.37. The molecular formula is C13H20BrNO2. The van der Waals surface area contributed by atoms with Gasteiger partial charge in [-0.25, -0.2) is 0 Å². The van der Waals surface area contributed by atoms with E-state index in [1.807, 2.05) is 13.1 Å². The molecule has 0 bridgehead atoms. The molecule has 0 heterocycles. The Morgan fingerprint density at radius 2 is 2.12 bits per heavy atom. The first-order chi connectivity index (χ1) is 8.22. The molecule has 0 aliphatic heterocycles. The summed E-state index contributed by atoms with van der Waals surface area (Å²) in [6, 6.07) is 3.99. The number of ether oxygens (including phenoxy) is 2. The summed E-state index contributed by atoms with van der Waals surface area (Å²) in [4.78, 5) is 0. The Bertz CT molecular complexity index is 356. The number of benzene rings is 1. The monoisotopic (exact) mass is 301 g/mol. The molecule has 0 radical (unpaired) electrons. The average molecular weight is 302 g/mol. The van der Waals surface area contributed by atoms with E-state index in [1.54, 1.807) is 7.11 Å². The fraction of sp³-hybridized carbons (Fsp3) is 0.538. The number of rotatable bonds is 7. The largest absolute Gasteiger partial charge is 0.493 e. The Labute approximate surface area is 112 Å². The van der Waals surface area contributed by atoms with Gasteiger partial charge in [0, 0.05) is 16.6 Å². The van der Waals surface area contributed by atoms with Gasteiger partial charge in [0.15, 0.2) is 11.5 Å². The smallest absolute Gasteiger partial charge is 0.165 e. The van der Waals surface area contributed by atoms with Gasteiger partial charge in [-0.05, 0) is 25.6 Å². The van der Waals surface area contributed by atoms with Crippen molar-refractivity contribution in [1.82, 2.24) is 5.32 Å². The molecule has 96 valence electrons. The van der Waals surface area contributed by atoms with Crippen LogP contribution in [0.1, 0.15) is 25.3 Å². The van der Waals surface area contributed by atoms with Crippen molar-refractivity contribution >= 4 is 15.9 Å². The van der Waals surface area contributed by atoms with Crippen LogP contribution in [-0.4, -0.2) is 20.8 Å². The Morgan fingerprint density at radius 3 is 2.71 bits per heavy atom. The van der Waals surface area contributed by atoms with Crippen molar-refractivity contribution < 1.29 is 9.47 Å². The van der Waals surface area contributed by atoms with Gasteiger partial charge in [0.25, 0.3) is 0 Å². The van der Waals surface area contributed by atoms with E-state index in [1.165, 1.54) is 0 Å². The van der Waals surface area contributed by atoms with E-state index >= 15 is 0 Å². The maximum Gasteiger partial charge on any atom is 0.165 e. The molecule has 0 saturated heterocycles. The lowest BCUT2D eigenvalue weighted by molar-refractivity contribution is 0.284. The summed E-state index contributed by atoms with van der Waals surface area (Å²) in [6.45, 7) is 3.64. The second kappa shape index (κ2) is 7.56. The van der Waals surface area contributed by atoms with Crippen molar-refractivity contribution in [3.8, 4) is 11.5 Å². The molecule has 0 spiro atoms. The molecule has 1 rings (SSSR count). The molecule has 0 unspecified atom stereocenters. The topological polar surface area (TPSA) is 30.5 Å². The lowest BCUT2D eigenvalue weighted by atomic mass is 10.2. The van der Waals surface area contributed by atoms with Crippen LogP contribution in [0.15, 0.2) is 16.6 Å². The van der Waals surface area contributed by atoms with E-state index in [2.05, 4.69) is 34.2 Å². The molecule has 3 nitrogen and oxygen atoms in total. The third-order valence-corrected chi connectivity index (χ3v) is 2.89. The highest BCUT2D eigenvalue weighted by Crippen LogP contribution is 2.35. The van der Waals surface area contributed by atoms with Crippen molar-refractivity contribution in [3.05, 3.63) is 22.2 Å². The lowest BCUT2D eigenvalue weighted by Crippen LogP contribution is -2.09. The number of halogens is 1. The molecule has 4 heteroatoms. The van der Waals surface area contributed by atoms with Gasteiger partial charge < -0.3 is 14.8 Å². The van der Waals surface area contributed by atoms with Gasteiger partial charge in [-0.2, -0.15) is 0 Å². The lowest BCUT2D eigenvalue weighted by Gasteiger charge is -2.15. The van der Waals surface area contributed by atoms with Crippen LogP contribution < -0.4 is 14.8 Å². The number of hydrogen-bond donors (Lipinski definition) is 1. The Balaban J connectivity index is 2.94. The summed E-state index contributed by atoms with van der Waals surface area (Å²) < 4.78 is 12.2. The summed E-state index contributed by atoms with van der Waals surface area (Å²) in [7, 11) is 3.58. The summed E-state index contributed by atoms with van der Waals surface area (Å²) >= 11 is 3.48. The highest BCUT2D eigenvalue weighted by Gasteiger charge is 2.11. The second-order valence-electron chi connectivity index (χ2n) is 3.83. The first-order valence-electron chi connectivity index (χ1n) is 5.86. The molecule has 1 aromatic rings. The number of unbranched alkanes of at least 4 members (excludes halogenated alkanes) is 1. The van der Waals surface area contributed by atoms with Crippen LogP contribution in [0.5, 0.6) is 11.5 Å². The van der Waals surface area contributed by atoms with Gasteiger partial charge >= 0.3 is 0 Å². The van der Waals surface area contributed by atoms with Crippen LogP contribution in [-0.2, 0) is 6.54 Å². The number of methoxy groups -OCH3 is 1. The average Bonchev–Trinajstić information content (AvgIpc) is 2.31. The third-order valence-electron chi connectivity index (χ3n) is 2.43. The van der Waals surface area contributed by atoms with Crippen LogP contribution in [0.25, 0.3) is 0 Å². The van der Waals surface area contributed by atoms with Gasteiger partial charge in [-0.3, -0.25) is 0 Å². The van der Waals surface area contributed by atoms with E-state index < -0.39 is 0 Å². The fourth-order valence-corrected chi connectivity index (χ4v) is 2.06. The standard InChI is InChI=1S/C13H20BrNO2/c1-4-5-6-17-13-10(9-15-2)7-11(14)8-12(13)16-3/h7-8,15H,4-6,9H2,1-3H3. The molecule has 17 heavy (non-hydrogen) atoms. The Morgan fingerprint density at radius 1 is 1.35 bits per heavy atom. The molecule has 0 amide bonds. The van der Waals surface area contributed by atoms with Crippen molar-refractivity contribution in [3.63, 3.8) is 0 Å². The van der Waals surface area contributed by atoms with Crippen LogP contribution in [0.2, 0.25) is 0 Å². The van der Waals surface area contributed by atoms with Crippen molar-refractivity contribution in [2.75, 3.05) is 20.8 Å². The third kappa shape index (κ3) is 4.21. The van der Waals surface area contributed by atoms with E-state index in [-0.39, 0.29) is 0 Å². The quantitative estimate of drug-likeness (QED) is 0.784. The van der Waals surface area contributed by atoms with Crippen molar-refractivity contribution in [1.29, 1.82) is 0 Å². The summed E-state index contributed by atoms with van der Waals surface area (Å²) in [5, 5.41) is 3.14. The summed E-state index contributed by atoms with van der Waals surface area (Å²) in [5.41, 5.74) is 1.11. The van der Waals surface area contributed by atoms with E-state index in [4.69, 9.17) is 9.47 Å². The van der Waals surface area contributed by atoms with Crippen molar-refractivity contribution in [2.45, 2.75) is 26.3 Å². The van der Waals surface area contributed by atoms with E-state index in [0.29, 0.717) is 0 Å². The van der Waals surface area contributed by atoms with Gasteiger partial charge in [-0.15, -0.1) is 0 Å². The minimum Gasteiger partial charge on any atom is -0.493 e. The molecule has 0 saturated carbocycles. The van der Waals surface area contributed by atoms with Gasteiger partial charge in [0.1, 0.15) is 0 Å². The molecule has 0 aliphatic carbocycles. The second-order valence-corrected chi connectivity index (χ2v) is 4.74. The van der Waals surface area contributed by atoms with Crippen molar-refractivity contribution in [2.24, 2.45) is 0 Å². The molecule has 0 atom stereocenters.